The van der Waals surface area contributed by atoms with Gasteiger partial charge in [-0.25, -0.2) is 4.39 Å². The minimum Gasteiger partial charge on any atom is -0.327 e. The molecule has 0 radical (unpaired) electrons. The summed E-state index contributed by atoms with van der Waals surface area (Å²) in [5.41, 5.74) is 7.88. The van der Waals surface area contributed by atoms with Gasteiger partial charge in [0, 0.05) is 6.04 Å². The molecule has 0 aliphatic heterocycles. The molecule has 1 aromatic carbocycles. The van der Waals surface area contributed by atoms with Gasteiger partial charge in [-0.3, -0.25) is 0 Å². The van der Waals surface area contributed by atoms with Crippen LogP contribution in [-0.4, -0.2) is 6.04 Å². The summed E-state index contributed by atoms with van der Waals surface area (Å²) in [7, 11) is 0. The van der Waals surface area contributed by atoms with Crippen molar-refractivity contribution in [1.29, 1.82) is 0 Å². The lowest BCUT2D eigenvalue weighted by Gasteiger charge is -2.18. The second kappa shape index (κ2) is 3.88. The lowest BCUT2D eigenvalue weighted by Crippen LogP contribution is -2.23. The van der Waals surface area contributed by atoms with Gasteiger partial charge in [0.05, 0.1) is 0 Å². The highest BCUT2D eigenvalue weighted by Gasteiger charge is 2.12. The van der Waals surface area contributed by atoms with Crippen molar-refractivity contribution in [2.75, 3.05) is 0 Å². The van der Waals surface area contributed by atoms with Gasteiger partial charge in [0.2, 0.25) is 0 Å². The molecule has 0 saturated carbocycles. The Bertz CT molecular complexity index is 294. The SMILES string of the molecule is Cc1ccc(F)cc1C(C)C(C)N. The van der Waals surface area contributed by atoms with Crippen LogP contribution in [0.15, 0.2) is 18.2 Å². The summed E-state index contributed by atoms with van der Waals surface area (Å²) in [6.07, 6.45) is 0. The van der Waals surface area contributed by atoms with Crippen LogP contribution in [0.5, 0.6) is 0 Å². The maximum atomic E-state index is 12.9. The van der Waals surface area contributed by atoms with E-state index in [9.17, 15) is 4.39 Å². The topological polar surface area (TPSA) is 26.0 Å². The Morgan fingerprint density at radius 3 is 2.46 bits per heavy atom. The van der Waals surface area contributed by atoms with Crippen LogP contribution in [0.25, 0.3) is 0 Å². The molecular formula is C11H16FN. The van der Waals surface area contributed by atoms with Crippen LogP contribution >= 0.6 is 0 Å². The fourth-order valence-corrected chi connectivity index (χ4v) is 1.39. The summed E-state index contributed by atoms with van der Waals surface area (Å²) in [6.45, 7) is 5.94. The van der Waals surface area contributed by atoms with Gasteiger partial charge in [-0.1, -0.05) is 13.0 Å². The molecule has 72 valence electrons. The van der Waals surface area contributed by atoms with Gasteiger partial charge in [0.25, 0.3) is 0 Å². The van der Waals surface area contributed by atoms with Crippen LogP contribution < -0.4 is 5.73 Å². The highest BCUT2D eigenvalue weighted by Crippen LogP contribution is 2.22. The first-order chi connectivity index (χ1) is 6.02. The Labute approximate surface area is 78.8 Å². The molecule has 0 saturated heterocycles. The van der Waals surface area contributed by atoms with Gasteiger partial charge in [-0.15, -0.1) is 0 Å². The first-order valence-electron chi connectivity index (χ1n) is 4.54. The second-order valence-corrected chi connectivity index (χ2v) is 3.65. The number of benzene rings is 1. The highest BCUT2D eigenvalue weighted by atomic mass is 19.1. The third kappa shape index (κ3) is 2.28. The van der Waals surface area contributed by atoms with Crippen LogP contribution in [0, 0.1) is 12.7 Å². The third-order valence-corrected chi connectivity index (χ3v) is 2.52. The van der Waals surface area contributed by atoms with E-state index in [0.29, 0.717) is 0 Å². The van der Waals surface area contributed by atoms with Crippen molar-refractivity contribution in [1.82, 2.24) is 0 Å². The molecule has 0 amide bonds. The molecule has 1 rings (SSSR count). The normalized spacial score (nSPS) is 15.5. The summed E-state index contributed by atoms with van der Waals surface area (Å²) < 4.78 is 12.9. The number of nitrogens with two attached hydrogens (primary N) is 1. The Balaban J connectivity index is 3.05. The molecule has 2 heteroatoms. The molecule has 0 aliphatic carbocycles. The molecule has 2 N–H and O–H groups in total. The van der Waals surface area contributed by atoms with Crippen LogP contribution in [0.2, 0.25) is 0 Å². The van der Waals surface area contributed by atoms with Crippen LogP contribution in [0.3, 0.4) is 0 Å². The van der Waals surface area contributed by atoms with E-state index in [1.165, 1.54) is 6.07 Å². The summed E-state index contributed by atoms with van der Waals surface area (Å²) in [5.74, 6) is 0.0174. The van der Waals surface area contributed by atoms with E-state index in [1.807, 2.05) is 20.8 Å². The number of hydrogen-bond acceptors (Lipinski definition) is 1. The van der Waals surface area contributed by atoms with Crippen LogP contribution in [-0.2, 0) is 0 Å². The van der Waals surface area contributed by atoms with Gasteiger partial charge < -0.3 is 5.73 Å². The van der Waals surface area contributed by atoms with E-state index >= 15 is 0 Å². The van der Waals surface area contributed by atoms with E-state index in [0.717, 1.165) is 11.1 Å². The fraction of sp³-hybridized carbons (Fsp3) is 0.455. The summed E-state index contributed by atoms with van der Waals surface area (Å²) >= 11 is 0. The zero-order chi connectivity index (χ0) is 10.0. The standard InChI is InChI=1S/C11H16FN/c1-7-4-5-10(12)6-11(7)8(2)9(3)13/h4-6,8-9H,13H2,1-3H3. The van der Waals surface area contributed by atoms with Crippen molar-refractivity contribution in [2.24, 2.45) is 5.73 Å². The number of hydrogen-bond donors (Lipinski definition) is 1. The van der Waals surface area contributed by atoms with E-state index in [2.05, 4.69) is 0 Å². The molecule has 1 aromatic rings. The molecule has 13 heavy (non-hydrogen) atoms. The molecule has 0 heterocycles. The Morgan fingerprint density at radius 1 is 1.31 bits per heavy atom. The summed E-state index contributed by atoms with van der Waals surface area (Å²) in [5, 5.41) is 0. The number of aryl methyl sites for hydroxylation is 1. The molecule has 0 aromatic heterocycles. The molecule has 0 bridgehead atoms. The van der Waals surface area contributed by atoms with Gasteiger partial charge in [0.15, 0.2) is 0 Å². The molecule has 0 fully saturated rings. The minimum atomic E-state index is -0.187. The average Bonchev–Trinajstić information content (AvgIpc) is 2.08. The zero-order valence-electron chi connectivity index (χ0n) is 8.34. The maximum absolute atomic E-state index is 12.9. The lowest BCUT2D eigenvalue weighted by atomic mass is 9.91. The van der Waals surface area contributed by atoms with Crippen molar-refractivity contribution in [2.45, 2.75) is 32.7 Å². The largest absolute Gasteiger partial charge is 0.327 e. The van der Waals surface area contributed by atoms with Crippen molar-refractivity contribution in [3.05, 3.63) is 35.1 Å². The maximum Gasteiger partial charge on any atom is 0.123 e. The van der Waals surface area contributed by atoms with Crippen molar-refractivity contribution in [3.63, 3.8) is 0 Å². The van der Waals surface area contributed by atoms with Gasteiger partial charge >= 0.3 is 0 Å². The second-order valence-electron chi connectivity index (χ2n) is 3.65. The Hall–Kier alpha value is -0.890. The molecule has 2 unspecified atom stereocenters. The predicted octanol–water partition coefficient (Wildman–Crippen LogP) is 2.58. The van der Waals surface area contributed by atoms with E-state index < -0.39 is 0 Å². The lowest BCUT2D eigenvalue weighted by molar-refractivity contribution is 0.591. The van der Waals surface area contributed by atoms with Gasteiger partial charge in [-0.2, -0.15) is 0 Å². The van der Waals surface area contributed by atoms with Crippen molar-refractivity contribution in [3.8, 4) is 0 Å². The summed E-state index contributed by atoms with van der Waals surface area (Å²) in [6, 6.07) is 4.90. The van der Waals surface area contributed by atoms with Gasteiger partial charge in [-0.05, 0) is 43.0 Å². The first kappa shape index (κ1) is 10.2. The summed E-state index contributed by atoms with van der Waals surface area (Å²) in [4.78, 5) is 0. The average molecular weight is 181 g/mol. The molecule has 0 spiro atoms. The first-order valence-corrected chi connectivity index (χ1v) is 4.54. The molecule has 2 atom stereocenters. The Kier molecular flexibility index (Phi) is 3.04. The third-order valence-electron chi connectivity index (χ3n) is 2.52. The van der Waals surface area contributed by atoms with Crippen LogP contribution in [0.4, 0.5) is 4.39 Å². The zero-order valence-corrected chi connectivity index (χ0v) is 8.34. The molecule has 0 aliphatic rings. The smallest absolute Gasteiger partial charge is 0.123 e. The van der Waals surface area contributed by atoms with E-state index in [-0.39, 0.29) is 17.8 Å². The fourth-order valence-electron chi connectivity index (χ4n) is 1.39. The molecular weight excluding hydrogens is 165 g/mol. The predicted molar refractivity (Wildman–Crippen MR) is 53.2 cm³/mol. The monoisotopic (exact) mass is 181 g/mol. The van der Waals surface area contributed by atoms with Crippen LogP contribution in [0.1, 0.15) is 30.9 Å². The van der Waals surface area contributed by atoms with E-state index in [1.54, 1.807) is 12.1 Å². The van der Waals surface area contributed by atoms with Crippen molar-refractivity contribution < 1.29 is 4.39 Å². The Morgan fingerprint density at radius 2 is 1.92 bits per heavy atom. The highest BCUT2D eigenvalue weighted by molar-refractivity contribution is 5.30. The number of halogens is 1. The quantitative estimate of drug-likeness (QED) is 0.745. The number of rotatable bonds is 2. The van der Waals surface area contributed by atoms with Gasteiger partial charge in [0.1, 0.15) is 5.82 Å². The van der Waals surface area contributed by atoms with Crippen molar-refractivity contribution >= 4 is 0 Å². The minimum absolute atomic E-state index is 0.0560. The van der Waals surface area contributed by atoms with E-state index in [4.69, 9.17) is 5.73 Å². The molecule has 1 nitrogen and oxygen atoms in total.